The first kappa shape index (κ1) is 8.44. The number of rotatable bonds is 2. The number of hydrogen-bond donors (Lipinski definition) is 1. The first-order valence-corrected chi connectivity index (χ1v) is 4.45. The first-order valence-electron chi connectivity index (χ1n) is 4.45. The van der Waals surface area contributed by atoms with E-state index in [2.05, 4.69) is 9.97 Å². The van der Waals surface area contributed by atoms with Crippen LogP contribution in [-0.4, -0.2) is 22.4 Å². The van der Waals surface area contributed by atoms with Crippen molar-refractivity contribution in [2.45, 2.75) is 32.0 Å². The second kappa shape index (κ2) is 3.30. The summed E-state index contributed by atoms with van der Waals surface area (Å²) in [5, 5.41) is 0. The highest BCUT2D eigenvalue weighted by atomic mass is 16.5. The number of aromatic amines is 1. The molecule has 0 bridgehead atoms. The lowest BCUT2D eigenvalue weighted by Gasteiger charge is -2.06. The van der Waals surface area contributed by atoms with E-state index < -0.39 is 0 Å². The molecule has 0 saturated carbocycles. The Bertz CT molecular complexity index is 308. The van der Waals surface area contributed by atoms with Crippen molar-refractivity contribution in [2.75, 3.05) is 0 Å². The van der Waals surface area contributed by atoms with Crippen LogP contribution < -0.4 is 0 Å². The topological polar surface area (TPSA) is 55.0 Å². The van der Waals surface area contributed by atoms with Gasteiger partial charge in [-0.2, -0.15) is 0 Å². The number of nitrogens with zero attached hydrogens (tertiary/aromatic N) is 1. The zero-order chi connectivity index (χ0) is 9.26. The van der Waals surface area contributed by atoms with Crippen molar-refractivity contribution >= 4 is 6.29 Å². The van der Waals surface area contributed by atoms with E-state index in [9.17, 15) is 4.79 Å². The van der Waals surface area contributed by atoms with Crippen LogP contribution in [0.2, 0.25) is 0 Å². The second-order valence-corrected chi connectivity index (χ2v) is 3.35. The molecular weight excluding hydrogens is 168 g/mol. The summed E-state index contributed by atoms with van der Waals surface area (Å²) in [5.41, 5.74) is 0.512. The van der Waals surface area contributed by atoms with Gasteiger partial charge >= 0.3 is 0 Å². The summed E-state index contributed by atoms with van der Waals surface area (Å²) in [6.07, 6.45) is 4.68. The van der Waals surface area contributed by atoms with Gasteiger partial charge in [0.15, 0.2) is 6.29 Å². The van der Waals surface area contributed by atoms with Gasteiger partial charge in [0, 0.05) is 0 Å². The standard InChI is InChI=1S/C9H12N2O2/c1-6-2-3-8(13-6)9-10-4-7(5-12)11-9/h4-6,8H,2-3H2,1H3,(H,10,11). The van der Waals surface area contributed by atoms with Crippen LogP contribution in [0.15, 0.2) is 6.20 Å². The zero-order valence-corrected chi connectivity index (χ0v) is 7.49. The molecule has 0 aliphatic carbocycles. The highest BCUT2D eigenvalue weighted by molar-refractivity contribution is 5.71. The van der Waals surface area contributed by atoms with Gasteiger partial charge in [0.25, 0.3) is 0 Å². The lowest BCUT2D eigenvalue weighted by molar-refractivity contribution is 0.0507. The molecule has 1 fully saturated rings. The number of aldehydes is 1. The molecule has 0 aromatic carbocycles. The normalized spacial score (nSPS) is 27.8. The lowest BCUT2D eigenvalue weighted by atomic mass is 10.2. The molecule has 2 heterocycles. The van der Waals surface area contributed by atoms with E-state index in [4.69, 9.17) is 4.74 Å². The second-order valence-electron chi connectivity index (χ2n) is 3.35. The van der Waals surface area contributed by atoms with E-state index in [1.807, 2.05) is 6.92 Å². The van der Waals surface area contributed by atoms with Gasteiger partial charge in [0.1, 0.15) is 11.9 Å². The van der Waals surface area contributed by atoms with Crippen LogP contribution in [0, 0.1) is 0 Å². The third kappa shape index (κ3) is 1.62. The number of H-pyrrole nitrogens is 1. The number of imidazole rings is 1. The molecule has 1 aromatic heterocycles. The Hall–Kier alpha value is -1.16. The van der Waals surface area contributed by atoms with Gasteiger partial charge in [0.2, 0.25) is 0 Å². The molecule has 1 saturated heterocycles. The number of nitrogens with one attached hydrogen (secondary N) is 1. The third-order valence-corrected chi connectivity index (χ3v) is 2.28. The summed E-state index contributed by atoms with van der Waals surface area (Å²) < 4.78 is 5.60. The summed E-state index contributed by atoms with van der Waals surface area (Å²) in [6.45, 7) is 2.05. The number of hydrogen-bond acceptors (Lipinski definition) is 3. The number of carbonyl (C=O) groups excluding carboxylic acids is 1. The van der Waals surface area contributed by atoms with Crippen LogP contribution in [0.4, 0.5) is 0 Å². The molecule has 1 aliphatic heterocycles. The fourth-order valence-electron chi connectivity index (χ4n) is 1.58. The highest BCUT2D eigenvalue weighted by Gasteiger charge is 2.25. The van der Waals surface area contributed by atoms with Gasteiger partial charge in [-0.1, -0.05) is 0 Å². The minimum absolute atomic E-state index is 0.0451. The minimum Gasteiger partial charge on any atom is -0.367 e. The van der Waals surface area contributed by atoms with E-state index in [1.54, 1.807) is 0 Å². The van der Waals surface area contributed by atoms with Crippen molar-refractivity contribution in [1.82, 2.24) is 9.97 Å². The van der Waals surface area contributed by atoms with Crippen molar-refractivity contribution in [3.8, 4) is 0 Å². The Kier molecular flexibility index (Phi) is 2.14. The van der Waals surface area contributed by atoms with E-state index in [0.717, 1.165) is 25.0 Å². The van der Waals surface area contributed by atoms with E-state index in [1.165, 1.54) is 6.20 Å². The van der Waals surface area contributed by atoms with Gasteiger partial charge < -0.3 is 9.72 Å². The largest absolute Gasteiger partial charge is 0.367 e. The molecular formula is C9H12N2O2. The molecule has 2 rings (SSSR count). The molecule has 0 radical (unpaired) electrons. The fourth-order valence-corrected chi connectivity index (χ4v) is 1.58. The molecule has 70 valence electrons. The zero-order valence-electron chi connectivity index (χ0n) is 7.49. The smallest absolute Gasteiger partial charge is 0.167 e. The van der Waals surface area contributed by atoms with Crippen LogP contribution in [0.3, 0.4) is 0 Å². The average Bonchev–Trinajstić information content (AvgIpc) is 2.71. The van der Waals surface area contributed by atoms with E-state index in [0.29, 0.717) is 11.8 Å². The van der Waals surface area contributed by atoms with Crippen molar-refractivity contribution in [2.24, 2.45) is 0 Å². The summed E-state index contributed by atoms with van der Waals surface area (Å²) in [4.78, 5) is 17.4. The van der Waals surface area contributed by atoms with Crippen molar-refractivity contribution in [1.29, 1.82) is 0 Å². The van der Waals surface area contributed by atoms with Gasteiger partial charge in [-0.3, -0.25) is 4.79 Å². The van der Waals surface area contributed by atoms with Gasteiger partial charge in [-0.25, -0.2) is 4.98 Å². The maximum Gasteiger partial charge on any atom is 0.167 e. The Morgan fingerprint density at radius 2 is 2.54 bits per heavy atom. The van der Waals surface area contributed by atoms with E-state index in [-0.39, 0.29) is 6.10 Å². The van der Waals surface area contributed by atoms with E-state index >= 15 is 0 Å². The first-order chi connectivity index (χ1) is 6.29. The summed E-state index contributed by atoms with van der Waals surface area (Å²) in [5.74, 6) is 0.770. The lowest BCUT2D eigenvalue weighted by Crippen LogP contribution is -2.02. The van der Waals surface area contributed by atoms with Gasteiger partial charge in [0.05, 0.1) is 18.0 Å². The molecule has 1 aromatic rings. The molecule has 0 spiro atoms. The number of carbonyl (C=O) groups is 1. The maximum atomic E-state index is 10.4. The van der Waals surface area contributed by atoms with Crippen LogP contribution in [0.25, 0.3) is 0 Å². The quantitative estimate of drug-likeness (QED) is 0.701. The predicted molar refractivity (Wildman–Crippen MR) is 46.5 cm³/mol. The molecule has 0 amide bonds. The molecule has 13 heavy (non-hydrogen) atoms. The molecule has 1 aliphatic rings. The Balaban J connectivity index is 2.12. The van der Waals surface area contributed by atoms with Crippen LogP contribution in [-0.2, 0) is 4.74 Å². The summed E-state index contributed by atoms with van der Waals surface area (Å²) >= 11 is 0. The summed E-state index contributed by atoms with van der Waals surface area (Å²) in [7, 11) is 0. The Morgan fingerprint density at radius 3 is 3.08 bits per heavy atom. The molecule has 2 atom stereocenters. The van der Waals surface area contributed by atoms with Crippen LogP contribution in [0.1, 0.15) is 42.2 Å². The van der Waals surface area contributed by atoms with Crippen molar-refractivity contribution < 1.29 is 9.53 Å². The predicted octanol–water partition coefficient (Wildman–Crippen LogP) is 1.46. The Labute approximate surface area is 76.3 Å². The molecule has 2 unspecified atom stereocenters. The molecule has 1 N–H and O–H groups in total. The van der Waals surface area contributed by atoms with Gasteiger partial charge in [-0.15, -0.1) is 0 Å². The molecule has 4 heteroatoms. The SMILES string of the molecule is CC1CCC(c2ncc(C=O)[nH]2)O1. The third-order valence-electron chi connectivity index (χ3n) is 2.28. The maximum absolute atomic E-state index is 10.4. The monoisotopic (exact) mass is 180 g/mol. The van der Waals surface area contributed by atoms with Gasteiger partial charge in [-0.05, 0) is 19.8 Å². The van der Waals surface area contributed by atoms with Crippen molar-refractivity contribution in [3.63, 3.8) is 0 Å². The fraction of sp³-hybridized carbons (Fsp3) is 0.556. The van der Waals surface area contributed by atoms with Crippen LogP contribution >= 0.6 is 0 Å². The van der Waals surface area contributed by atoms with Crippen molar-refractivity contribution in [3.05, 3.63) is 17.7 Å². The number of aromatic nitrogens is 2. The number of ether oxygens (including phenoxy) is 1. The minimum atomic E-state index is 0.0451. The average molecular weight is 180 g/mol. The summed E-state index contributed by atoms with van der Waals surface area (Å²) in [6, 6.07) is 0. The molecule has 4 nitrogen and oxygen atoms in total. The highest BCUT2D eigenvalue weighted by Crippen LogP contribution is 2.30. The van der Waals surface area contributed by atoms with Crippen LogP contribution in [0.5, 0.6) is 0 Å². The Morgan fingerprint density at radius 1 is 1.69 bits per heavy atom.